The van der Waals surface area contributed by atoms with Crippen LogP contribution in [0.5, 0.6) is 0 Å². The number of benzene rings is 2. The van der Waals surface area contributed by atoms with Gasteiger partial charge in [0, 0.05) is 12.0 Å². The Morgan fingerprint density at radius 1 is 0.909 bits per heavy atom. The summed E-state index contributed by atoms with van der Waals surface area (Å²) >= 11 is 0. The van der Waals surface area contributed by atoms with Crippen LogP contribution >= 0.6 is 0 Å². The van der Waals surface area contributed by atoms with Crippen molar-refractivity contribution in [3.8, 4) is 11.1 Å². The second-order valence-corrected chi connectivity index (χ2v) is 10.9. The standard InChI is InChI=1S/C28H31NO4/c30-26(31)12-25(28-13-17-9-18(14-28)11-19(10-17)15-28)29-27(32)33-16-24-22-7-3-1-5-20(22)21-6-2-4-8-23(21)24/h1-8,17-19,24-25H,9-16H2,(H,29,32)(H,30,31). The minimum Gasteiger partial charge on any atom is -0.481 e. The summed E-state index contributed by atoms with van der Waals surface area (Å²) < 4.78 is 5.77. The summed E-state index contributed by atoms with van der Waals surface area (Å²) in [5.74, 6) is 1.22. The van der Waals surface area contributed by atoms with E-state index >= 15 is 0 Å². The lowest BCUT2D eigenvalue weighted by molar-refractivity contribution is -0.141. The number of ether oxygens (including phenoxy) is 1. The molecule has 2 aromatic carbocycles. The SMILES string of the molecule is O=C(O)CC(NC(=O)OCC1c2ccccc2-c2ccccc21)C12CC3CC(CC(C3)C1)C2. The minimum atomic E-state index is -0.852. The number of rotatable bonds is 6. The molecule has 1 amide bonds. The fourth-order valence-electron chi connectivity index (χ4n) is 7.98. The smallest absolute Gasteiger partial charge is 0.407 e. The molecular weight excluding hydrogens is 414 g/mol. The average molecular weight is 446 g/mol. The predicted molar refractivity (Wildman–Crippen MR) is 125 cm³/mol. The largest absolute Gasteiger partial charge is 0.481 e. The lowest BCUT2D eigenvalue weighted by Crippen LogP contribution is -2.57. The molecule has 5 nitrogen and oxygen atoms in total. The second kappa shape index (κ2) is 7.89. The zero-order valence-electron chi connectivity index (χ0n) is 18.8. The van der Waals surface area contributed by atoms with Crippen LogP contribution in [0.4, 0.5) is 4.79 Å². The number of carboxylic acid groups (broad SMARTS) is 1. The summed E-state index contributed by atoms with van der Waals surface area (Å²) in [6, 6.07) is 16.2. The average Bonchev–Trinajstić information content (AvgIpc) is 3.10. The zero-order chi connectivity index (χ0) is 22.6. The first-order chi connectivity index (χ1) is 16.0. The van der Waals surface area contributed by atoms with E-state index in [4.69, 9.17) is 4.74 Å². The van der Waals surface area contributed by atoms with Crippen LogP contribution in [-0.4, -0.2) is 29.8 Å². The molecule has 5 aliphatic carbocycles. The molecule has 2 aromatic rings. The summed E-state index contributed by atoms with van der Waals surface area (Å²) in [7, 11) is 0. The molecule has 0 heterocycles. The molecule has 0 aliphatic heterocycles. The topological polar surface area (TPSA) is 75.6 Å². The first-order valence-electron chi connectivity index (χ1n) is 12.3. The number of carboxylic acids is 1. The Bertz CT molecular complexity index is 1010. The van der Waals surface area contributed by atoms with Crippen molar-refractivity contribution >= 4 is 12.1 Å². The number of carbonyl (C=O) groups excluding carboxylic acids is 1. The van der Waals surface area contributed by atoms with Gasteiger partial charge in [-0.2, -0.15) is 0 Å². The van der Waals surface area contributed by atoms with E-state index in [1.54, 1.807) is 0 Å². The van der Waals surface area contributed by atoms with Gasteiger partial charge in [-0.3, -0.25) is 4.79 Å². The van der Waals surface area contributed by atoms with Gasteiger partial charge in [0.25, 0.3) is 0 Å². The number of hydrogen-bond acceptors (Lipinski definition) is 3. The van der Waals surface area contributed by atoms with Crippen LogP contribution in [0.3, 0.4) is 0 Å². The first-order valence-corrected chi connectivity index (χ1v) is 12.3. The lowest BCUT2D eigenvalue weighted by Gasteiger charge is -2.59. The third-order valence-corrected chi connectivity index (χ3v) is 8.84. The third-order valence-electron chi connectivity index (χ3n) is 8.84. The second-order valence-electron chi connectivity index (χ2n) is 10.9. The van der Waals surface area contributed by atoms with Crippen LogP contribution in [-0.2, 0) is 9.53 Å². The minimum absolute atomic E-state index is 0.000577. The van der Waals surface area contributed by atoms with Crippen molar-refractivity contribution in [3.63, 3.8) is 0 Å². The molecule has 4 saturated carbocycles. The van der Waals surface area contributed by atoms with Crippen molar-refractivity contribution in [2.45, 2.75) is 56.9 Å². The fourth-order valence-corrected chi connectivity index (χ4v) is 7.98. The summed E-state index contributed by atoms with van der Waals surface area (Å²) in [5, 5.41) is 12.7. The van der Waals surface area contributed by atoms with Gasteiger partial charge >= 0.3 is 12.1 Å². The van der Waals surface area contributed by atoms with Crippen molar-refractivity contribution in [1.29, 1.82) is 0 Å². The van der Waals surface area contributed by atoms with Crippen LogP contribution in [0.1, 0.15) is 62.0 Å². The Labute approximate surface area is 194 Å². The molecule has 33 heavy (non-hydrogen) atoms. The molecule has 0 aromatic heterocycles. The molecule has 7 rings (SSSR count). The van der Waals surface area contributed by atoms with Gasteiger partial charge in [0.15, 0.2) is 0 Å². The van der Waals surface area contributed by atoms with Crippen LogP contribution in [0.25, 0.3) is 11.1 Å². The van der Waals surface area contributed by atoms with Gasteiger partial charge in [0.2, 0.25) is 0 Å². The van der Waals surface area contributed by atoms with E-state index < -0.39 is 12.1 Å². The molecule has 4 fully saturated rings. The van der Waals surface area contributed by atoms with Crippen molar-refractivity contribution < 1.29 is 19.4 Å². The molecule has 5 heteroatoms. The number of hydrogen-bond donors (Lipinski definition) is 2. The van der Waals surface area contributed by atoms with E-state index in [-0.39, 0.29) is 30.4 Å². The van der Waals surface area contributed by atoms with Gasteiger partial charge in [0.05, 0.1) is 6.42 Å². The summed E-state index contributed by atoms with van der Waals surface area (Å²) in [5.41, 5.74) is 4.65. The highest BCUT2D eigenvalue weighted by Crippen LogP contribution is 2.61. The number of aliphatic carboxylic acids is 1. The maximum Gasteiger partial charge on any atom is 0.407 e. The molecule has 0 saturated heterocycles. The molecule has 4 bridgehead atoms. The number of carbonyl (C=O) groups is 2. The summed E-state index contributed by atoms with van der Waals surface area (Å²) in [4.78, 5) is 24.7. The Hall–Kier alpha value is -2.82. The van der Waals surface area contributed by atoms with Crippen LogP contribution in [0.2, 0.25) is 0 Å². The van der Waals surface area contributed by atoms with E-state index in [2.05, 4.69) is 29.6 Å². The Morgan fingerprint density at radius 3 is 1.94 bits per heavy atom. The predicted octanol–water partition coefficient (Wildman–Crippen LogP) is 5.58. The van der Waals surface area contributed by atoms with Crippen molar-refractivity contribution in [3.05, 3.63) is 59.7 Å². The van der Waals surface area contributed by atoms with Gasteiger partial charge in [0.1, 0.15) is 6.61 Å². The van der Waals surface area contributed by atoms with Crippen molar-refractivity contribution in [1.82, 2.24) is 5.32 Å². The number of fused-ring (bicyclic) bond motifs is 3. The van der Waals surface area contributed by atoms with E-state index in [0.717, 1.165) is 19.3 Å². The normalized spacial score (nSPS) is 29.9. The number of nitrogens with one attached hydrogen (secondary N) is 1. The maximum absolute atomic E-state index is 13.0. The van der Waals surface area contributed by atoms with E-state index in [0.29, 0.717) is 17.8 Å². The highest BCUT2D eigenvalue weighted by Gasteiger charge is 2.55. The Morgan fingerprint density at radius 2 is 1.42 bits per heavy atom. The lowest BCUT2D eigenvalue weighted by atomic mass is 9.47. The van der Waals surface area contributed by atoms with Gasteiger partial charge in [-0.05, 0) is 83.9 Å². The fraction of sp³-hybridized carbons (Fsp3) is 0.500. The zero-order valence-corrected chi connectivity index (χ0v) is 18.8. The Balaban J connectivity index is 1.18. The van der Waals surface area contributed by atoms with E-state index in [9.17, 15) is 14.7 Å². The maximum atomic E-state index is 13.0. The molecule has 0 spiro atoms. The molecule has 2 N–H and O–H groups in total. The van der Waals surface area contributed by atoms with Gasteiger partial charge in [-0.1, -0.05) is 48.5 Å². The third kappa shape index (κ3) is 3.62. The molecule has 172 valence electrons. The monoisotopic (exact) mass is 445 g/mol. The van der Waals surface area contributed by atoms with Gasteiger partial charge in [-0.15, -0.1) is 0 Å². The highest BCUT2D eigenvalue weighted by molar-refractivity contribution is 5.79. The highest BCUT2D eigenvalue weighted by atomic mass is 16.5. The molecule has 1 unspecified atom stereocenters. The summed E-state index contributed by atoms with van der Waals surface area (Å²) in [6.07, 6.45) is 6.45. The Kier molecular flexibility index (Phi) is 4.97. The van der Waals surface area contributed by atoms with Crippen molar-refractivity contribution in [2.75, 3.05) is 6.61 Å². The number of alkyl carbamates (subject to hydrolysis) is 1. The first kappa shape index (κ1) is 20.8. The van der Waals surface area contributed by atoms with Crippen LogP contribution in [0.15, 0.2) is 48.5 Å². The van der Waals surface area contributed by atoms with Gasteiger partial charge in [-0.25, -0.2) is 4.79 Å². The van der Waals surface area contributed by atoms with E-state index in [1.165, 1.54) is 41.5 Å². The van der Waals surface area contributed by atoms with E-state index in [1.807, 2.05) is 24.3 Å². The molecule has 0 radical (unpaired) electrons. The molecule has 5 aliphatic rings. The quantitative estimate of drug-likeness (QED) is 0.608. The van der Waals surface area contributed by atoms with Crippen LogP contribution < -0.4 is 5.32 Å². The van der Waals surface area contributed by atoms with Gasteiger partial charge < -0.3 is 15.2 Å². The number of amides is 1. The molecular formula is C28H31NO4. The summed E-state index contributed by atoms with van der Waals surface area (Å²) in [6.45, 7) is 0.251. The molecule has 1 atom stereocenters. The van der Waals surface area contributed by atoms with Crippen LogP contribution in [0, 0.1) is 23.2 Å². The van der Waals surface area contributed by atoms with Crippen molar-refractivity contribution in [2.24, 2.45) is 23.2 Å².